The second kappa shape index (κ2) is 21.4. The quantitative estimate of drug-likeness (QED) is 0.276. The van der Waals surface area contributed by atoms with Crippen LogP contribution in [0.4, 0.5) is 0 Å². The van der Waals surface area contributed by atoms with E-state index >= 15 is 0 Å². The summed E-state index contributed by atoms with van der Waals surface area (Å²) >= 11 is 0. The van der Waals surface area contributed by atoms with Crippen molar-refractivity contribution in [3.63, 3.8) is 0 Å². The van der Waals surface area contributed by atoms with Crippen LogP contribution in [-0.4, -0.2) is 178 Å². The molecule has 11 heteroatoms. The number of likely N-dealkylation sites (N-methyl/N-ethyl adjacent to an activating group) is 8. The molecule has 0 saturated carbocycles. The van der Waals surface area contributed by atoms with Crippen LogP contribution < -0.4 is 19.6 Å². The molecule has 4 saturated heterocycles. The van der Waals surface area contributed by atoms with Crippen molar-refractivity contribution in [1.82, 2.24) is 19.6 Å². The fraction of sp³-hybridized carbons (Fsp3) is 1.00. The Bertz CT molecular complexity index is 307. The van der Waals surface area contributed by atoms with Crippen LogP contribution in [0.2, 0.25) is 6.82 Å². The van der Waals surface area contributed by atoms with Gasteiger partial charge in [-0.1, -0.05) is 6.82 Å². The van der Waals surface area contributed by atoms with E-state index in [1.807, 2.05) is 0 Å². The topological polar surface area (TPSA) is 30.7 Å². The molecule has 4 aliphatic rings. The Morgan fingerprint density at radius 3 is 0.625 bits per heavy atom. The molecular formula is C21H55B3N8+4. The average molecular weight is 452 g/mol. The van der Waals surface area contributed by atoms with E-state index in [1.54, 1.807) is 19.6 Å². The van der Waals surface area contributed by atoms with Crippen molar-refractivity contribution in [1.29, 1.82) is 0 Å². The van der Waals surface area contributed by atoms with E-state index in [0.29, 0.717) is 0 Å². The highest BCUT2D eigenvalue weighted by atomic mass is 15.4. The molecule has 6 radical (unpaired) electrons. The summed E-state index contributed by atoms with van der Waals surface area (Å²) in [5.74, 6) is 0. The van der Waals surface area contributed by atoms with Crippen molar-refractivity contribution in [2.24, 2.45) is 0 Å². The van der Waals surface area contributed by atoms with Crippen molar-refractivity contribution < 1.29 is 19.6 Å². The first-order chi connectivity index (χ1) is 15.2. The van der Waals surface area contributed by atoms with Crippen molar-refractivity contribution in [3.05, 3.63) is 0 Å². The molecule has 32 heavy (non-hydrogen) atoms. The smallest absolute Gasteiger partial charge is 0.133 e. The maximum Gasteiger partial charge on any atom is 0.133 e. The van der Waals surface area contributed by atoms with E-state index in [-0.39, 0.29) is 0 Å². The van der Waals surface area contributed by atoms with E-state index in [4.69, 9.17) is 0 Å². The Morgan fingerprint density at radius 1 is 0.438 bits per heavy atom. The molecule has 4 unspecified atom stereocenters. The lowest BCUT2D eigenvalue weighted by molar-refractivity contribution is -0.870. The molecule has 4 heterocycles. The lowest BCUT2D eigenvalue weighted by Gasteiger charge is -2.03. The lowest BCUT2D eigenvalue weighted by Crippen LogP contribution is -3.07. The molecule has 0 aliphatic carbocycles. The van der Waals surface area contributed by atoms with Gasteiger partial charge >= 0.3 is 0 Å². The number of quaternary nitrogens is 4. The van der Waals surface area contributed by atoms with E-state index in [1.165, 1.54) is 85.9 Å². The first kappa shape index (κ1) is 34.0. The number of hydrogen-bond acceptors (Lipinski definition) is 4. The summed E-state index contributed by atoms with van der Waals surface area (Å²) in [7, 11) is 30.1. The highest BCUT2D eigenvalue weighted by Gasteiger charge is 2.15. The fourth-order valence-corrected chi connectivity index (χ4v) is 4.00. The molecule has 4 aliphatic heterocycles. The first-order valence-corrected chi connectivity index (χ1v) is 12.1. The molecule has 8 nitrogen and oxygen atoms in total. The van der Waals surface area contributed by atoms with Gasteiger partial charge in [-0.05, 0) is 28.2 Å². The standard InChI is InChI=1S/4C5H12N2.CH3B.B2/c4*1-6-3-4-7(2)5-6;2*1-2/h4*3-5H2,1-2H3;1H3;/p+4. The van der Waals surface area contributed by atoms with Gasteiger partial charge in [-0.25, -0.2) is 0 Å². The summed E-state index contributed by atoms with van der Waals surface area (Å²) in [6.07, 6.45) is 0. The number of rotatable bonds is 0. The lowest BCUT2D eigenvalue weighted by atomic mass is 9.81. The molecule has 4 atom stereocenters. The third-order valence-electron chi connectivity index (χ3n) is 5.84. The van der Waals surface area contributed by atoms with Crippen molar-refractivity contribution in [2.45, 2.75) is 6.82 Å². The molecule has 4 rings (SSSR count). The zero-order valence-electron chi connectivity index (χ0n) is 23.0. The van der Waals surface area contributed by atoms with E-state index in [2.05, 4.69) is 99.3 Å². The first-order valence-electron chi connectivity index (χ1n) is 12.1. The molecule has 0 spiro atoms. The molecule has 4 N–H and O–H groups in total. The maximum atomic E-state index is 4.50. The normalized spacial score (nSPS) is 30.3. The van der Waals surface area contributed by atoms with Crippen LogP contribution in [0.1, 0.15) is 0 Å². The summed E-state index contributed by atoms with van der Waals surface area (Å²) in [5.41, 5.74) is 0. The third kappa shape index (κ3) is 19.4. The van der Waals surface area contributed by atoms with Crippen LogP contribution in [0.15, 0.2) is 0 Å². The molecule has 0 aromatic carbocycles. The Morgan fingerprint density at radius 2 is 0.594 bits per heavy atom. The number of hydrogen-bond donors (Lipinski definition) is 4. The van der Waals surface area contributed by atoms with Gasteiger partial charge in [-0.3, -0.25) is 19.6 Å². The van der Waals surface area contributed by atoms with Crippen LogP contribution in [0.25, 0.3) is 0 Å². The zero-order valence-corrected chi connectivity index (χ0v) is 23.0. The van der Waals surface area contributed by atoms with E-state index < -0.39 is 0 Å². The number of nitrogens with zero attached hydrogens (tertiary/aromatic N) is 4. The average Bonchev–Trinajstić information content (AvgIpc) is 3.53. The van der Waals surface area contributed by atoms with Gasteiger partial charge in [0.1, 0.15) is 26.7 Å². The molecule has 0 aromatic rings. The highest BCUT2D eigenvalue weighted by Crippen LogP contribution is 1.78. The predicted molar refractivity (Wildman–Crippen MR) is 140 cm³/mol. The van der Waals surface area contributed by atoms with Crippen LogP contribution >= 0.6 is 0 Å². The fourth-order valence-electron chi connectivity index (χ4n) is 4.00. The van der Waals surface area contributed by atoms with Gasteiger partial charge in [0.15, 0.2) is 0 Å². The van der Waals surface area contributed by atoms with Crippen molar-refractivity contribution in [2.75, 3.05) is 135 Å². The SMILES string of the molecule is CN1CC[NH+](C)C1.CN1CC[NH+](C)C1.CN1CC[NH+](C)C1.CN1CC[NH+](C)C1.[B]C.[B][B]. The van der Waals surface area contributed by atoms with Crippen LogP contribution in [0.5, 0.6) is 0 Å². The van der Waals surface area contributed by atoms with Gasteiger partial charge in [0.2, 0.25) is 0 Å². The monoisotopic (exact) mass is 452 g/mol. The summed E-state index contributed by atoms with van der Waals surface area (Å²) in [5, 5.41) is 0. The van der Waals surface area contributed by atoms with Gasteiger partial charge in [-0.2, -0.15) is 0 Å². The minimum Gasteiger partial charge on any atom is -0.324 e. The summed E-state index contributed by atoms with van der Waals surface area (Å²) in [4.78, 5) is 15.9. The molecule has 0 bridgehead atoms. The molecule has 4 fully saturated rings. The largest absolute Gasteiger partial charge is 0.324 e. The van der Waals surface area contributed by atoms with Crippen molar-refractivity contribution in [3.8, 4) is 0 Å². The zero-order chi connectivity index (χ0) is 25.1. The van der Waals surface area contributed by atoms with E-state index in [9.17, 15) is 0 Å². The third-order valence-corrected chi connectivity index (χ3v) is 5.84. The predicted octanol–water partition coefficient (Wildman–Crippen LogP) is -6.94. The Kier molecular flexibility index (Phi) is 22.8. The molecule has 0 amide bonds. The Labute approximate surface area is 205 Å². The maximum absolute atomic E-state index is 4.50. The number of nitrogens with one attached hydrogen (secondary N) is 4. The van der Waals surface area contributed by atoms with Crippen LogP contribution in [-0.2, 0) is 0 Å². The molecular weight excluding hydrogens is 397 g/mol. The van der Waals surface area contributed by atoms with Gasteiger partial charge < -0.3 is 19.6 Å². The summed E-state index contributed by atoms with van der Waals surface area (Å²) < 4.78 is 0. The second-order valence-corrected chi connectivity index (χ2v) is 9.78. The molecule has 184 valence electrons. The summed E-state index contributed by atoms with van der Waals surface area (Å²) in [6.45, 7) is 16.7. The Balaban J connectivity index is 0. The van der Waals surface area contributed by atoms with E-state index in [0.717, 1.165) is 0 Å². The van der Waals surface area contributed by atoms with Gasteiger partial charge in [0, 0.05) is 15.5 Å². The highest BCUT2D eigenvalue weighted by molar-refractivity contribution is 6.75. The Hall–Kier alpha value is -0.125. The van der Waals surface area contributed by atoms with Gasteiger partial charge in [0.25, 0.3) is 0 Å². The van der Waals surface area contributed by atoms with Crippen LogP contribution in [0.3, 0.4) is 0 Å². The van der Waals surface area contributed by atoms with Crippen LogP contribution in [0, 0.1) is 0 Å². The van der Waals surface area contributed by atoms with Gasteiger partial charge in [-0.15, -0.1) is 0 Å². The summed E-state index contributed by atoms with van der Waals surface area (Å²) in [6, 6.07) is 0. The minimum absolute atomic E-state index is 1.22. The molecule has 0 aromatic heterocycles. The second-order valence-electron chi connectivity index (χ2n) is 9.78. The van der Waals surface area contributed by atoms with Gasteiger partial charge in [0.05, 0.1) is 88.4 Å². The minimum atomic E-state index is 1.22. The van der Waals surface area contributed by atoms with Crippen molar-refractivity contribution >= 4 is 23.3 Å².